The Kier molecular flexibility index (Phi) is 8.17. The van der Waals surface area contributed by atoms with E-state index in [0.717, 1.165) is 59.4 Å². The summed E-state index contributed by atoms with van der Waals surface area (Å²) < 4.78 is 13.9. The predicted molar refractivity (Wildman–Crippen MR) is 138 cm³/mol. The third-order valence-electron chi connectivity index (χ3n) is 5.64. The minimum Gasteiger partial charge on any atom is -0.616 e. The van der Waals surface area contributed by atoms with Crippen molar-refractivity contribution in [3.8, 4) is 33.6 Å². The van der Waals surface area contributed by atoms with Crippen molar-refractivity contribution in [2.24, 2.45) is 0 Å². The second kappa shape index (κ2) is 11.7. The molecule has 0 aliphatic rings. The molecule has 6 heteroatoms. The van der Waals surface area contributed by atoms with Crippen molar-refractivity contribution in [3.63, 3.8) is 0 Å². The van der Waals surface area contributed by atoms with E-state index < -0.39 is 17.1 Å². The zero-order valence-electron chi connectivity index (χ0n) is 19.0. The summed E-state index contributed by atoms with van der Waals surface area (Å²) in [5.41, 5.74) is 6.45. The summed E-state index contributed by atoms with van der Waals surface area (Å²) in [6, 6.07) is 30.9. The Morgan fingerprint density at radius 3 is 1.94 bits per heavy atom. The Hall–Kier alpha value is -3.35. The van der Waals surface area contributed by atoms with Gasteiger partial charge in [-0.05, 0) is 36.0 Å². The summed E-state index contributed by atoms with van der Waals surface area (Å²) in [6.45, 7) is 0.725. The fourth-order valence-electron chi connectivity index (χ4n) is 4.10. The van der Waals surface area contributed by atoms with Crippen LogP contribution in [0.3, 0.4) is 0 Å². The molecular formula is C28H28N2O3S. The lowest BCUT2D eigenvalue weighted by molar-refractivity contribution is -0.134. The van der Waals surface area contributed by atoms with Crippen LogP contribution in [0.1, 0.15) is 19.3 Å². The molecule has 0 aliphatic heterocycles. The van der Waals surface area contributed by atoms with Crippen molar-refractivity contribution in [2.75, 3.05) is 11.5 Å². The van der Waals surface area contributed by atoms with Gasteiger partial charge in [-0.25, -0.2) is 4.79 Å². The second-order valence-electron chi connectivity index (χ2n) is 8.14. The molecule has 0 fully saturated rings. The third kappa shape index (κ3) is 5.95. The first-order valence-corrected chi connectivity index (χ1v) is 13.0. The Morgan fingerprint density at radius 2 is 1.35 bits per heavy atom. The normalized spacial score (nSPS) is 11.9. The molecule has 1 aromatic heterocycles. The van der Waals surface area contributed by atoms with Crippen LogP contribution in [0.15, 0.2) is 91.0 Å². The number of unbranched alkanes of at least 4 members (excludes halogenated alkanes) is 2. The summed E-state index contributed by atoms with van der Waals surface area (Å²) in [4.78, 5) is 10.7. The highest BCUT2D eigenvalue weighted by Crippen LogP contribution is 2.40. The summed E-state index contributed by atoms with van der Waals surface area (Å²) in [5.74, 6) is -0.871. The van der Waals surface area contributed by atoms with E-state index in [9.17, 15) is 9.35 Å². The second-order valence-corrected chi connectivity index (χ2v) is 9.71. The third-order valence-corrected chi connectivity index (χ3v) is 6.95. The van der Waals surface area contributed by atoms with Gasteiger partial charge in [-0.3, -0.25) is 4.68 Å². The average Bonchev–Trinajstić information content (AvgIpc) is 3.24. The molecule has 4 rings (SSSR count). The molecule has 1 N–H and O–H groups in total. The van der Waals surface area contributed by atoms with Crippen LogP contribution < -0.4 is 0 Å². The number of aromatic nitrogens is 2. The average molecular weight is 473 g/mol. The molecule has 1 heterocycles. The first-order chi connectivity index (χ1) is 16.6. The molecule has 0 saturated heterocycles. The largest absolute Gasteiger partial charge is 0.616 e. The van der Waals surface area contributed by atoms with Crippen LogP contribution in [0, 0.1) is 0 Å². The van der Waals surface area contributed by atoms with Gasteiger partial charge in [0.1, 0.15) is 11.4 Å². The van der Waals surface area contributed by atoms with Crippen molar-refractivity contribution >= 4 is 17.1 Å². The highest BCUT2D eigenvalue weighted by Gasteiger charge is 2.21. The number of aliphatic carboxylic acids is 1. The highest BCUT2D eigenvalue weighted by atomic mass is 32.2. The minimum absolute atomic E-state index is 0.280. The van der Waals surface area contributed by atoms with Gasteiger partial charge in [-0.1, -0.05) is 91.0 Å². The quantitative estimate of drug-likeness (QED) is 0.218. The molecule has 4 aromatic rings. The van der Waals surface area contributed by atoms with Gasteiger partial charge < -0.3 is 9.66 Å². The maximum absolute atomic E-state index is 11.8. The first-order valence-electron chi connectivity index (χ1n) is 11.5. The number of hydrogen-bond donors (Lipinski definition) is 1. The van der Waals surface area contributed by atoms with Crippen LogP contribution in [-0.4, -0.2) is 36.9 Å². The van der Waals surface area contributed by atoms with Crippen LogP contribution in [-0.2, 0) is 22.5 Å². The van der Waals surface area contributed by atoms with Crippen molar-refractivity contribution in [1.29, 1.82) is 0 Å². The predicted octanol–water partition coefficient (Wildman–Crippen LogP) is 5.89. The van der Waals surface area contributed by atoms with E-state index >= 15 is 0 Å². The van der Waals surface area contributed by atoms with E-state index in [1.54, 1.807) is 0 Å². The smallest absolute Gasteiger partial charge is 0.353 e. The number of hydrogen-bond acceptors (Lipinski definition) is 3. The lowest BCUT2D eigenvalue weighted by atomic mass is 9.96. The number of aryl methyl sites for hydroxylation is 1. The summed E-state index contributed by atoms with van der Waals surface area (Å²) >= 11 is -1.30. The van der Waals surface area contributed by atoms with Gasteiger partial charge in [0.05, 0.1) is 5.69 Å². The Morgan fingerprint density at radius 1 is 0.794 bits per heavy atom. The van der Waals surface area contributed by atoms with Crippen molar-refractivity contribution in [3.05, 3.63) is 91.0 Å². The maximum Gasteiger partial charge on any atom is 0.353 e. The summed E-state index contributed by atoms with van der Waals surface area (Å²) in [6.07, 6.45) is 2.47. The molecule has 1 unspecified atom stereocenters. The number of carboxylic acids is 1. The molecule has 174 valence electrons. The fourth-order valence-corrected chi connectivity index (χ4v) is 5.05. The zero-order valence-corrected chi connectivity index (χ0v) is 19.8. The molecule has 0 spiro atoms. The van der Waals surface area contributed by atoms with Crippen LogP contribution in [0.5, 0.6) is 0 Å². The van der Waals surface area contributed by atoms with Gasteiger partial charge in [0.25, 0.3) is 0 Å². The van der Waals surface area contributed by atoms with Crippen molar-refractivity contribution in [1.82, 2.24) is 9.78 Å². The molecule has 34 heavy (non-hydrogen) atoms. The van der Waals surface area contributed by atoms with Gasteiger partial charge in [-0.15, -0.1) is 0 Å². The van der Waals surface area contributed by atoms with Crippen LogP contribution >= 0.6 is 0 Å². The van der Waals surface area contributed by atoms with E-state index in [0.29, 0.717) is 5.75 Å². The van der Waals surface area contributed by atoms with Crippen molar-refractivity contribution < 1.29 is 14.5 Å². The van der Waals surface area contributed by atoms with Gasteiger partial charge in [-0.2, -0.15) is 5.10 Å². The van der Waals surface area contributed by atoms with Gasteiger partial charge in [0, 0.05) is 23.2 Å². The van der Waals surface area contributed by atoms with Crippen LogP contribution in [0.2, 0.25) is 0 Å². The number of nitrogens with zero attached hydrogens (tertiary/aromatic N) is 2. The molecule has 0 amide bonds. The van der Waals surface area contributed by atoms with E-state index in [1.807, 2.05) is 54.6 Å². The molecule has 5 nitrogen and oxygen atoms in total. The molecule has 3 aromatic carbocycles. The number of carboxylic acid groups (broad SMARTS) is 1. The molecular weight excluding hydrogens is 444 g/mol. The topological polar surface area (TPSA) is 78.2 Å². The molecule has 0 aliphatic carbocycles. The van der Waals surface area contributed by atoms with E-state index in [1.165, 1.54) is 0 Å². The Balaban J connectivity index is 1.66. The summed E-state index contributed by atoms with van der Waals surface area (Å²) in [7, 11) is 0. The van der Waals surface area contributed by atoms with E-state index in [-0.39, 0.29) is 5.75 Å². The summed E-state index contributed by atoms with van der Waals surface area (Å²) in [5, 5.41) is 13.9. The standard InChI is InChI=1S/C28H28N2O3S/c31-25(32)21-34(33)20-12-4-11-19-30-28(24-17-9-3-10-18-24)26(22-13-5-1-6-14-22)27(29-30)23-15-7-2-8-16-23/h1-3,5-10,13-18H,4,11-12,19-21H2,(H,31,32). The van der Waals surface area contributed by atoms with Crippen LogP contribution in [0.25, 0.3) is 33.6 Å². The Labute approximate surface area is 203 Å². The highest BCUT2D eigenvalue weighted by molar-refractivity contribution is 7.92. The zero-order chi connectivity index (χ0) is 23.8. The van der Waals surface area contributed by atoms with E-state index in [2.05, 4.69) is 41.1 Å². The monoisotopic (exact) mass is 472 g/mol. The minimum atomic E-state index is -1.30. The first kappa shape index (κ1) is 23.8. The van der Waals surface area contributed by atoms with Crippen molar-refractivity contribution in [2.45, 2.75) is 25.8 Å². The van der Waals surface area contributed by atoms with Gasteiger partial charge >= 0.3 is 5.97 Å². The molecule has 0 bridgehead atoms. The fraction of sp³-hybridized carbons (Fsp3) is 0.214. The number of benzene rings is 3. The van der Waals surface area contributed by atoms with E-state index in [4.69, 9.17) is 10.2 Å². The number of carbonyl (C=O) groups is 1. The van der Waals surface area contributed by atoms with Gasteiger partial charge in [0.15, 0.2) is 0 Å². The molecule has 0 radical (unpaired) electrons. The molecule has 1 atom stereocenters. The molecule has 0 saturated carbocycles. The Bertz CT molecular complexity index is 1190. The lowest BCUT2D eigenvalue weighted by Gasteiger charge is -2.11. The van der Waals surface area contributed by atoms with Crippen LogP contribution in [0.4, 0.5) is 0 Å². The van der Waals surface area contributed by atoms with Gasteiger partial charge in [0.2, 0.25) is 5.75 Å². The lowest BCUT2D eigenvalue weighted by Crippen LogP contribution is -2.18. The maximum atomic E-state index is 11.8. The number of rotatable bonds is 11. The SMILES string of the molecule is O=C(O)C[S+]([O-])CCCCCn1nc(-c2ccccc2)c(-c2ccccc2)c1-c1ccccc1.